The molecule has 0 saturated carbocycles. The van der Waals surface area contributed by atoms with E-state index in [4.69, 9.17) is 35.9 Å². The summed E-state index contributed by atoms with van der Waals surface area (Å²) >= 11 is 0. The molecule has 10 heteroatoms. The number of aliphatic hydroxyl groups excluding tert-OH is 4. The maximum Gasteiger partial charge on any atom is 0.173 e. The van der Waals surface area contributed by atoms with Gasteiger partial charge in [0.2, 0.25) is 0 Å². The van der Waals surface area contributed by atoms with E-state index in [1.54, 1.807) is 0 Å². The van der Waals surface area contributed by atoms with Crippen LogP contribution in [-0.2, 0) is 14.2 Å². The monoisotopic (exact) mass is 352 g/mol. The van der Waals surface area contributed by atoms with Crippen molar-refractivity contribution in [2.75, 3.05) is 26.4 Å². The molecule has 0 amide bonds. The SMILES string of the molecule is NC1C(O)CC(CO)O[C@H]1COCC1(O)CC(CO)O[C@@H](O)C1N. The third-order valence-corrected chi connectivity index (χ3v) is 4.63. The molecule has 2 aliphatic heterocycles. The van der Waals surface area contributed by atoms with E-state index >= 15 is 0 Å². The third-order valence-electron chi connectivity index (χ3n) is 4.63. The summed E-state index contributed by atoms with van der Waals surface area (Å²) in [7, 11) is 0. The zero-order valence-corrected chi connectivity index (χ0v) is 13.4. The van der Waals surface area contributed by atoms with Crippen LogP contribution in [0.2, 0.25) is 0 Å². The van der Waals surface area contributed by atoms with Gasteiger partial charge in [-0.2, -0.15) is 0 Å². The minimum atomic E-state index is -1.58. The summed E-state index contributed by atoms with van der Waals surface area (Å²) < 4.78 is 16.1. The predicted molar refractivity (Wildman–Crippen MR) is 80.7 cm³/mol. The van der Waals surface area contributed by atoms with Gasteiger partial charge in [0.25, 0.3) is 0 Å². The molecule has 6 unspecified atom stereocenters. The highest BCUT2D eigenvalue weighted by Crippen LogP contribution is 2.28. The summed E-state index contributed by atoms with van der Waals surface area (Å²) in [6, 6.07) is -1.78. The van der Waals surface area contributed by atoms with Crippen molar-refractivity contribution in [3.8, 4) is 0 Å². The summed E-state index contributed by atoms with van der Waals surface area (Å²) in [5, 5.41) is 48.5. The average molecular weight is 352 g/mol. The molecular formula is C14H28N2O8. The number of nitrogens with two attached hydrogens (primary N) is 2. The molecule has 2 heterocycles. The Kier molecular flexibility index (Phi) is 6.90. The molecule has 2 aliphatic rings. The molecule has 24 heavy (non-hydrogen) atoms. The van der Waals surface area contributed by atoms with Crippen LogP contribution in [-0.4, -0.2) is 100 Å². The smallest absolute Gasteiger partial charge is 0.173 e. The van der Waals surface area contributed by atoms with Crippen LogP contribution in [0.4, 0.5) is 0 Å². The summed E-state index contributed by atoms with van der Waals surface area (Å²) in [4.78, 5) is 0. The Bertz CT molecular complexity index is 403. The van der Waals surface area contributed by atoms with Crippen molar-refractivity contribution in [2.24, 2.45) is 11.5 Å². The first-order chi connectivity index (χ1) is 11.3. The fourth-order valence-electron chi connectivity index (χ4n) is 3.08. The van der Waals surface area contributed by atoms with Gasteiger partial charge in [0, 0.05) is 12.8 Å². The number of hydrogen-bond acceptors (Lipinski definition) is 10. The van der Waals surface area contributed by atoms with E-state index in [2.05, 4.69) is 0 Å². The van der Waals surface area contributed by atoms with Gasteiger partial charge in [0.05, 0.1) is 62.9 Å². The van der Waals surface area contributed by atoms with Crippen LogP contribution >= 0.6 is 0 Å². The largest absolute Gasteiger partial charge is 0.394 e. The minimum absolute atomic E-state index is 0.00118. The van der Waals surface area contributed by atoms with Crippen LogP contribution in [0.5, 0.6) is 0 Å². The van der Waals surface area contributed by atoms with Crippen LogP contribution in [0.25, 0.3) is 0 Å². The van der Waals surface area contributed by atoms with Crippen LogP contribution in [0.15, 0.2) is 0 Å². The lowest BCUT2D eigenvalue weighted by Gasteiger charge is -2.44. The number of aliphatic hydroxyl groups is 5. The second kappa shape index (κ2) is 8.32. The molecule has 0 aromatic rings. The van der Waals surface area contributed by atoms with E-state index in [0.717, 1.165) is 0 Å². The summed E-state index contributed by atoms with van der Waals surface area (Å²) in [5.74, 6) is 0. The van der Waals surface area contributed by atoms with Gasteiger partial charge in [-0.05, 0) is 0 Å². The van der Waals surface area contributed by atoms with Gasteiger partial charge in [0.15, 0.2) is 6.29 Å². The van der Waals surface area contributed by atoms with Gasteiger partial charge in [-0.15, -0.1) is 0 Å². The van der Waals surface area contributed by atoms with Crippen LogP contribution in [0.3, 0.4) is 0 Å². The van der Waals surface area contributed by atoms with E-state index in [1.165, 1.54) is 0 Å². The van der Waals surface area contributed by atoms with Crippen LogP contribution in [0, 0.1) is 0 Å². The molecule has 0 aliphatic carbocycles. The molecule has 2 fully saturated rings. The Balaban J connectivity index is 1.89. The lowest BCUT2D eigenvalue weighted by atomic mass is 9.86. The van der Waals surface area contributed by atoms with E-state index < -0.39 is 48.4 Å². The highest BCUT2D eigenvalue weighted by molar-refractivity contribution is 4.97. The summed E-state index contributed by atoms with van der Waals surface area (Å²) in [6.07, 6.45) is -3.92. The number of hydrogen-bond donors (Lipinski definition) is 7. The molecule has 10 nitrogen and oxygen atoms in total. The predicted octanol–water partition coefficient (Wildman–Crippen LogP) is -4.00. The normalized spacial score (nSPS) is 46.9. The Labute approximate surface area is 139 Å². The van der Waals surface area contributed by atoms with Gasteiger partial charge in [0.1, 0.15) is 5.60 Å². The third kappa shape index (κ3) is 4.41. The van der Waals surface area contributed by atoms with Gasteiger partial charge in [-0.1, -0.05) is 0 Å². The van der Waals surface area contributed by atoms with Gasteiger partial charge in [-0.25, -0.2) is 0 Å². The molecule has 9 N–H and O–H groups in total. The topological polar surface area (TPSA) is 181 Å². The maximum atomic E-state index is 10.6. The van der Waals surface area contributed by atoms with Gasteiger partial charge in [-0.3, -0.25) is 0 Å². The van der Waals surface area contributed by atoms with Crippen molar-refractivity contribution in [1.29, 1.82) is 0 Å². The summed E-state index contributed by atoms with van der Waals surface area (Å²) in [6.45, 7) is -0.855. The highest BCUT2D eigenvalue weighted by atomic mass is 16.6. The molecule has 0 radical (unpaired) electrons. The molecule has 0 aromatic carbocycles. The molecule has 142 valence electrons. The molecular weight excluding hydrogens is 324 g/mol. The van der Waals surface area contributed by atoms with Crippen molar-refractivity contribution < 1.29 is 39.7 Å². The van der Waals surface area contributed by atoms with Gasteiger partial charge >= 0.3 is 0 Å². The molecule has 0 spiro atoms. The Morgan fingerprint density at radius 2 is 1.75 bits per heavy atom. The highest BCUT2D eigenvalue weighted by Gasteiger charge is 2.47. The van der Waals surface area contributed by atoms with Crippen molar-refractivity contribution in [3.63, 3.8) is 0 Å². The fraction of sp³-hybridized carbons (Fsp3) is 1.00. The minimum Gasteiger partial charge on any atom is -0.394 e. The Morgan fingerprint density at radius 1 is 1.08 bits per heavy atom. The molecule has 2 rings (SSSR count). The molecule has 2 saturated heterocycles. The fourth-order valence-corrected chi connectivity index (χ4v) is 3.08. The zero-order valence-electron chi connectivity index (χ0n) is 13.4. The van der Waals surface area contributed by atoms with Gasteiger partial charge < -0.3 is 51.2 Å². The average Bonchev–Trinajstić information content (AvgIpc) is 2.55. The first-order valence-corrected chi connectivity index (χ1v) is 8.00. The van der Waals surface area contributed by atoms with Crippen molar-refractivity contribution in [1.82, 2.24) is 0 Å². The number of ether oxygens (including phenoxy) is 3. The second-order valence-corrected chi connectivity index (χ2v) is 6.54. The zero-order chi connectivity index (χ0) is 17.9. The Hall–Kier alpha value is -0.400. The van der Waals surface area contributed by atoms with Crippen molar-refractivity contribution >= 4 is 0 Å². The van der Waals surface area contributed by atoms with Crippen molar-refractivity contribution in [2.45, 2.75) is 61.2 Å². The lowest BCUT2D eigenvalue weighted by molar-refractivity contribution is -0.249. The molecule has 8 atom stereocenters. The standard InChI is InChI=1S/C14H28N2O8/c15-11-9(19)1-7(3-17)23-10(11)5-22-6-14(21)2-8(4-18)24-13(20)12(14)16/h7-13,17-21H,1-6,15-16H2/t7?,8?,9?,10-,11?,12?,13+,14?/m0/s1. The molecule has 0 aromatic heterocycles. The first kappa shape index (κ1) is 19.9. The Morgan fingerprint density at radius 3 is 2.38 bits per heavy atom. The quantitative estimate of drug-likeness (QED) is 0.249. The lowest BCUT2D eigenvalue weighted by Crippen LogP contribution is -2.64. The van der Waals surface area contributed by atoms with Crippen molar-refractivity contribution in [3.05, 3.63) is 0 Å². The number of rotatable bonds is 6. The molecule has 0 bridgehead atoms. The van der Waals surface area contributed by atoms with E-state index in [0.29, 0.717) is 0 Å². The van der Waals surface area contributed by atoms with Crippen LogP contribution in [0.1, 0.15) is 12.8 Å². The van der Waals surface area contributed by atoms with E-state index in [9.17, 15) is 15.3 Å². The first-order valence-electron chi connectivity index (χ1n) is 8.00. The van der Waals surface area contributed by atoms with E-state index in [1.807, 2.05) is 0 Å². The van der Waals surface area contributed by atoms with Crippen LogP contribution < -0.4 is 11.5 Å². The van der Waals surface area contributed by atoms with E-state index in [-0.39, 0.29) is 39.3 Å². The maximum absolute atomic E-state index is 10.6. The second-order valence-electron chi connectivity index (χ2n) is 6.54. The summed E-state index contributed by atoms with van der Waals surface area (Å²) in [5.41, 5.74) is 10.1.